The van der Waals surface area contributed by atoms with Crippen molar-refractivity contribution < 1.29 is 13.9 Å². The zero-order valence-electron chi connectivity index (χ0n) is 10.3. The molecule has 19 heavy (non-hydrogen) atoms. The molecule has 0 radical (unpaired) electrons. The van der Waals surface area contributed by atoms with Crippen molar-refractivity contribution >= 4 is 22.5 Å². The summed E-state index contributed by atoms with van der Waals surface area (Å²) in [6, 6.07) is 3.37. The Morgan fingerprint density at radius 2 is 2.32 bits per heavy atom. The van der Waals surface area contributed by atoms with Crippen molar-refractivity contribution in [1.29, 1.82) is 0 Å². The minimum Gasteiger partial charge on any atom is -0.408 e. The molecule has 102 valence electrons. The van der Waals surface area contributed by atoms with Crippen LogP contribution in [0, 0.1) is 0 Å². The fourth-order valence-corrected chi connectivity index (χ4v) is 2.04. The number of ether oxygens (including phenoxy) is 2. The minimum absolute atomic E-state index is 0.00671. The van der Waals surface area contributed by atoms with E-state index in [2.05, 4.69) is 10.3 Å². The Labute approximate surface area is 108 Å². The number of rotatable bonds is 3. The van der Waals surface area contributed by atoms with Crippen LogP contribution in [0.1, 0.15) is 0 Å². The summed E-state index contributed by atoms with van der Waals surface area (Å²) in [4.78, 5) is 13.7. The van der Waals surface area contributed by atoms with Crippen molar-refractivity contribution in [2.45, 2.75) is 6.10 Å². The first-order valence-corrected chi connectivity index (χ1v) is 6.08. The minimum atomic E-state index is -0.490. The van der Waals surface area contributed by atoms with Crippen LogP contribution in [0.5, 0.6) is 0 Å². The summed E-state index contributed by atoms with van der Waals surface area (Å²) in [5, 5.41) is 3.19. The SMILES string of the molecule is Nc1cc2oc(=O)[nH]c2cc1NCC1COCCO1. The van der Waals surface area contributed by atoms with Crippen molar-refractivity contribution in [2.24, 2.45) is 0 Å². The van der Waals surface area contributed by atoms with Gasteiger partial charge < -0.3 is 24.9 Å². The van der Waals surface area contributed by atoms with Gasteiger partial charge in [0.25, 0.3) is 0 Å². The molecule has 4 N–H and O–H groups in total. The van der Waals surface area contributed by atoms with Crippen molar-refractivity contribution in [3.05, 3.63) is 22.7 Å². The molecule has 0 aliphatic carbocycles. The molecule has 1 aliphatic rings. The molecular formula is C12H15N3O4. The average molecular weight is 265 g/mol. The zero-order chi connectivity index (χ0) is 13.2. The number of anilines is 2. The molecule has 3 rings (SSSR count). The molecule has 1 atom stereocenters. The Hall–Kier alpha value is -1.99. The predicted octanol–water partition coefficient (Wildman–Crippen LogP) is 0.531. The molecule has 7 heteroatoms. The van der Waals surface area contributed by atoms with Gasteiger partial charge in [0, 0.05) is 12.6 Å². The normalized spacial score (nSPS) is 19.7. The summed E-state index contributed by atoms with van der Waals surface area (Å²) in [6.45, 7) is 2.41. The number of oxazole rings is 1. The van der Waals surface area contributed by atoms with Gasteiger partial charge in [-0.2, -0.15) is 0 Å². The van der Waals surface area contributed by atoms with Gasteiger partial charge in [-0.3, -0.25) is 4.98 Å². The quantitative estimate of drug-likeness (QED) is 0.700. The van der Waals surface area contributed by atoms with Crippen molar-refractivity contribution in [2.75, 3.05) is 37.4 Å². The van der Waals surface area contributed by atoms with Gasteiger partial charge in [-0.15, -0.1) is 0 Å². The molecular weight excluding hydrogens is 250 g/mol. The molecule has 1 saturated heterocycles. The van der Waals surface area contributed by atoms with E-state index >= 15 is 0 Å². The number of H-pyrrole nitrogens is 1. The molecule has 1 aromatic heterocycles. The van der Waals surface area contributed by atoms with Crippen LogP contribution in [0.4, 0.5) is 11.4 Å². The molecule has 2 heterocycles. The number of hydrogen-bond donors (Lipinski definition) is 3. The Balaban J connectivity index is 1.76. The number of fused-ring (bicyclic) bond motifs is 1. The second kappa shape index (κ2) is 4.94. The van der Waals surface area contributed by atoms with Gasteiger partial charge in [0.05, 0.1) is 42.8 Å². The number of nitrogens with two attached hydrogens (primary N) is 1. The molecule has 0 amide bonds. The predicted molar refractivity (Wildman–Crippen MR) is 70.3 cm³/mol. The van der Waals surface area contributed by atoms with E-state index in [0.717, 1.165) is 5.69 Å². The van der Waals surface area contributed by atoms with Crippen LogP contribution >= 0.6 is 0 Å². The summed E-state index contributed by atoms with van der Waals surface area (Å²) >= 11 is 0. The van der Waals surface area contributed by atoms with Gasteiger partial charge in [-0.05, 0) is 6.07 Å². The van der Waals surface area contributed by atoms with Gasteiger partial charge in [-0.25, -0.2) is 4.79 Å². The number of aromatic amines is 1. The van der Waals surface area contributed by atoms with E-state index in [1.54, 1.807) is 12.1 Å². The average Bonchev–Trinajstić information content (AvgIpc) is 2.76. The Kier molecular flexibility index (Phi) is 3.14. The van der Waals surface area contributed by atoms with Crippen molar-refractivity contribution in [3.63, 3.8) is 0 Å². The lowest BCUT2D eigenvalue weighted by Gasteiger charge is -2.23. The molecule has 1 aromatic carbocycles. The molecule has 0 spiro atoms. The highest BCUT2D eigenvalue weighted by molar-refractivity contribution is 5.85. The molecule has 1 unspecified atom stereocenters. The standard InChI is InChI=1S/C12H15N3O4/c13-8-3-11-10(15-12(16)19-11)4-9(8)14-5-7-6-17-1-2-18-7/h3-4,7,14H,1-2,5-6,13H2,(H,15,16). The smallest absolute Gasteiger partial charge is 0.408 e. The third kappa shape index (κ3) is 2.56. The highest BCUT2D eigenvalue weighted by atomic mass is 16.6. The summed E-state index contributed by atoms with van der Waals surface area (Å²) < 4.78 is 15.8. The van der Waals surface area contributed by atoms with E-state index in [1.807, 2.05) is 0 Å². The van der Waals surface area contributed by atoms with Crippen LogP contribution in [0.15, 0.2) is 21.3 Å². The Bertz CT molecular complexity index is 627. The second-order valence-electron chi connectivity index (χ2n) is 4.40. The fourth-order valence-electron chi connectivity index (χ4n) is 2.04. The maximum atomic E-state index is 11.1. The zero-order valence-corrected chi connectivity index (χ0v) is 10.3. The van der Waals surface area contributed by atoms with Gasteiger partial charge in [0.15, 0.2) is 5.58 Å². The summed E-state index contributed by atoms with van der Waals surface area (Å²) in [5.74, 6) is -0.490. The van der Waals surface area contributed by atoms with Crippen LogP contribution in [0.25, 0.3) is 11.1 Å². The van der Waals surface area contributed by atoms with Crippen LogP contribution in [0.3, 0.4) is 0 Å². The molecule has 7 nitrogen and oxygen atoms in total. The van der Waals surface area contributed by atoms with Gasteiger partial charge in [-0.1, -0.05) is 0 Å². The van der Waals surface area contributed by atoms with E-state index in [9.17, 15) is 4.79 Å². The van der Waals surface area contributed by atoms with Crippen molar-refractivity contribution in [3.8, 4) is 0 Å². The lowest BCUT2D eigenvalue weighted by molar-refractivity contribution is -0.0818. The maximum Gasteiger partial charge on any atom is 0.417 e. The maximum absolute atomic E-state index is 11.1. The third-order valence-corrected chi connectivity index (χ3v) is 3.00. The van der Waals surface area contributed by atoms with E-state index in [0.29, 0.717) is 43.2 Å². The summed E-state index contributed by atoms with van der Waals surface area (Å²) in [7, 11) is 0. The molecule has 1 fully saturated rings. The molecule has 2 aromatic rings. The monoisotopic (exact) mass is 265 g/mol. The number of hydrogen-bond acceptors (Lipinski definition) is 6. The topological polar surface area (TPSA) is 103 Å². The first-order valence-electron chi connectivity index (χ1n) is 6.08. The van der Waals surface area contributed by atoms with Gasteiger partial charge in [0.1, 0.15) is 0 Å². The van der Waals surface area contributed by atoms with Gasteiger partial charge >= 0.3 is 5.76 Å². The third-order valence-electron chi connectivity index (χ3n) is 3.00. The van der Waals surface area contributed by atoms with E-state index in [1.165, 1.54) is 0 Å². The van der Waals surface area contributed by atoms with Gasteiger partial charge in [0.2, 0.25) is 0 Å². The first kappa shape index (κ1) is 12.1. The summed E-state index contributed by atoms with van der Waals surface area (Å²) in [5.41, 5.74) is 8.22. The molecule has 0 saturated carbocycles. The Morgan fingerprint density at radius 3 is 3.11 bits per heavy atom. The van der Waals surface area contributed by atoms with Crippen molar-refractivity contribution in [1.82, 2.24) is 4.98 Å². The lowest BCUT2D eigenvalue weighted by Crippen LogP contribution is -2.34. The number of benzene rings is 1. The van der Waals surface area contributed by atoms with Crippen LogP contribution in [-0.2, 0) is 9.47 Å². The number of nitrogen functional groups attached to an aromatic ring is 1. The number of nitrogens with one attached hydrogen (secondary N) is 2. The van der Waals surface area contributed by atoms with Crippen LogP contribution < -0.4 is 16.8 Å². The molecule has 1 aliphatic heterocycles. The molecule has 0 bridgehead atoms. The highest BCUT2D eigenvalue weighted by Crippen LogP contribution is 2.24. The van der Waals surface area contributed by atoms with E-state index in [4.69, 9.17) is 19.6 Å². The van der Waals surface area contributed by atoms with Crippen LogP contribution in [-0.4, -0.2) is 37.5 Å². The fraction of sp³-hybridized carbons (Fsp3) is 0.417. The highest BCUT2D eigenvalue weighted by Gasteiger charge is 2.15. The first-order chi connectivity index (χ1) is 9.22. The van der Waals surface area contributed by atoms with Crippen LogP contribution in [0.2, 0.25) is 0 Å². The summed E-state index contributed by atoms with van der Waals surface area (Å²) in [6.07, 6.45) is 0.00671. The van der Waals surface area contributed by atoms with E-state index in [-0.39, 0.29) is 6.10 Å². The second-order valence-corrected chi connectivity index (χ2v) is 4.40. The Morgan fingerprint density at radius 1 is 1.42 bits per heavy atom. The lowest BCUT2D eigenvalue weighted by atomic mass is 10.2. The largest absolute Gasteiger partial charge is 0.417 e. The van der Waals surface area contributed by atoms with E-state index < -0.39 is 5.76 Å². The number of aromatic nitrogens is 1.